The van der Waals surface area contributed by atoms with Gasteiger partial charge in [-0.2, -0.15) is 4.98 Å². The van der Waals surface area contributed by atoms with Crippen molar-refractivity contribution in [1.82, 2.24) is 19.9 Å². The molecule has 2 aliphatic rings. The Morgan fingerprint density at radius 2 is 2.05 bits per heavy atom. The largest absolute Gasteiger partial charge is 0.338 e. The third-order valence-electron chi connectivity index (χ3n) is 4.68. The summed E-state index contributed by atoms with van der Waals surface area (Å²) in [5.74, 6) is 1.60. The average molecular weight is 293 g/mol. The van der Waals surface area contributed by atoms with Gasteiger partial charge in [0.1, 0.15) is 0 Å². The standard InChI is InChI=1S/C15H27N5O/c1-2-3-14-17-15(21-18-14)11-19-7-6-13(10-19)20-8-4-12(16)5-9-20/h12-13H,2-11,16H2,1H3. The number of nitrogens with zero attached hydrogens (tertiary/aromatic N) is 4. The van der Waals surface area contributed by atoms with Crippen LogP contribution >= 0.6 is 0 Å². The van der Waals surface area contributed by atoms with Crippen molar-refractivity contribution in [2.45, 2.75) is 57.7 Å². The average Bonchev–Trinajstić information content (AvgIpc) is 3.11. The first-order valence-corrected chi connectivity index (χ1v) is 8.28. The maximum absolute atomic E-state index is 5.99. The molecular formula is C15H27N5O. The molecule has 3 rings (SSSR count). The van der Waals surface area contributed by atoms with Crippen LogP contribution in [0.25, 0.3) is 0 Å². The summed E-state index contributed by atoms with van der Waals surface area (Å²) < 4.78 is 5.34. The van der Waals surface area contributed by atoms with E-state index in [1.54, 1.807) is 0 Å². The van der Waals surface area contributed by atoms with Crippen LogP contribution in [0.1, 0.15) is 44.3 Å². The SMILES string of the molecule is CCCc1noc(CN2CCC(N3CCC(N)CC3)C2)n1. The van der Waals surface area contributed by atoms with Crippen molar-refractivity contribution in [3.63, 3.8) is 0 Å². The van der Waals surface area contributed by atoms with Crippen LogP contribution < -0.4 is 5.73 Å². The molecule has 118 valence electrons. The molecule has 6 heteroatoms. The Bertz CT molecular complexity index is 441. The first-order valence-electron chi connectivity index (χ1n) is 8.28. The Balaban J connectivity index is 1.47. The van der Waals surface area contributed by atoms with Crippen molar-refractivity contribution < 1.29 is 4.52 Å². The van der Waals surface area contributed by atoms with Crippen molar-refractivity contribution in [3.05, 3.63) is 11.7 Å². The molecule has 0 radical (unpaired) electrons. The lowest BCUT2D eigenvalue weighted by Crippen LogP contribution is -2.46. The molecule has 1 atom stereocenters. The minimum atomic E-state index is 0.411. The first kappa shape index (κ1) is 14.9. The van der Waals surface area contributed by atoms with E-state index < -0.39 is 0 Å². The molecule has 1 aromatic rings. The van der Waals surface area contributed by atoms with Crippen molar-refractivity contribution in [1.29, 1.82) is 0 Å². The topological polar surface area (TPSA) is 71.4 Å². The highest BCUT2D eigenvalue weighted by Gasteiger charge is 2.30. The molecule has 0 spiro atoms. The van der Waals surface area contributed by atoms with Crippen molar-refractivity contribution in [2.24, 2.45) is 5.73 Å². The number of aromatic nitrogens is 2. The highest BCUT2D eigenvalue weighted by Crippen LogP contribution is 2.21. The normalized spacial score (nSPS) is 25.7. The van der Waals surface area contributed by atoms with Gasteiger partial charge in [-0.15, -0.1) is 0 Å². The number of hydrogen-bond donors (Lipinski definition) is 1. The lowest BCUT2D eigenvalue weighted by molar-refractivity contribution is 0.149. The van der Waals surface area contributed by atoms with Gasteiger partial charge in [0.05, 0.1) is 6.54 Å². The zero-order valence-corrected chi connectivity index (χ0v) is 13.0. The number of nitrogens with two attached hydrogens (primary N) is 1. The predicted octanol–water partition coefficient (Wildman–Crippen LogP) is 1.02. The summed E-state index contributed by atoms with van der Waals surface area (Å²) in [6.07, 6.45) is 5.48. The summed E-state index contributed by atoms with van der Waals surface area (Å²) in [5.41, 5.74) is 5.99. The van der Waals surface area contributed by atoms with E-state index in [2.05, 4.69) is 26.9 Å². The van der Waals surface area contributed by atoms with Gasteiger partial charge in [0.25, 0.3) is 0 Å². The van der Waals surface area contributed by atoms with Crippen LogP contribution in [0.3, 0.4) is 0 Å². The highest BCUT2D eigenvalue weighted by atomic mass is 16.5. The van der Waals surface area contributed by atoms with Crippen LogP contribution in [0.4, 0.5) is 0 Å². The van der Waals surface area contributed by atoms with E-state index in [1.165, 1.54) is 6.42 Å². The van der Waals surface area contributed by atoms with Gasteiger partial charge >= 0.3 is 0 Å². The minimum Gasteiger partial charge on any atom is -0.338 e. The van der Waals surface area contributed by atoms with Crippen LogP contribution in [0, 0.1) is 0 Å². The third-order valence-corrected chi connectivity index (χ3v) is 4.68. The second-order valence-electron chi connectivity index (χ2n) is 6.41. The first-order chi connectivity index (χ1) is 10.2. The van der Waals surface area contributed by atoms with Crippen molar-refractivity contribution in [2.75, 3.05) is 26.2 Å². The van der Waals surface area contributed by atoms with E-state index in [9.17, 15) is 0 Å². The number of aryl methyl sites for hydroxylation is 1. The summed E-state index contributed by atoms with van der Waals surface area (Å²) in [6.45, 7) is 7.47. The molecule has 6 nitrogen and oxygen atoms in total. The Morgan fingerprint density at radius 3 is 2.81 bits per heavy atom. The molecule has 0 amide bonds. The minimum absolute atomic E-state index is 0.411. The predicted molar refractivity (Wildman–Crippen MR) is 80.8 cm³/mol. The van der Waals surface area contributed by atoms with Crippen LogP contribution in [0.15, 0.2) is 4.52 Å². The van der Waals surface area contributed by atoms with E-state index in [-0.39, 0.29) is 0 Å². The van der Waals surface area contributed by atoms with Gasteiger partial charge in [-0.1, -0.05) is 12.1 Å². The molecular weight excluding hydrogens is 266 g/mol. The van der Waals surface area contributed by atoms with E-state index in [4.69, 9.17) is 10.3 Å². The molecule has 2 saturated heterocycles. The fourth-order valence-corrected chi connectivity index (χ4v) is 3.41. The maximum Gasteiger partial charge on any atom is 0.240 e. The van der Waals surface area contributed by atoms with E-state index in [0.29, 0.717) is 12.1 Å². The van der Waals surface area contributed by atoms with Gasteiger partial charge in [-0.05, 0) is 38.8 Å². The molecule has 2 N–H and O–H groups in total. The van der Waals surface area contributed by atoms with Crippen LogP contribution in [0.5, 0.6) is 0 Å². The molecule has 2 aliphatic heterocycles. The monoisotopic (exact) mass is 293 g/mol. The van der Waals surface area contributed by atoms with Crippen molar-refractivity contribution in [3.8, 4) is 0 Å². The Kier molecular flexibility index (Phi) is 4.87. The van der Waals surface area contributed by atoms with E-state index in [0.717, 1.165) is 70.1 Å². The molecule has 0 aliphatic carbocycles. The summed E-state index contributed by atoms with van der Waals surface area (Å²) in [4.78, 5) is 9.51. The summed E-state index contributed by atoms with van der Waals surface area (Å²) in [7, 11) is 0. The summed E-state index contributed by atoms with van der Waals surface area (Å²) in [6, 6.07) is 1.09. The smallest absolute Gasteiger partial charge is 0.240 e. The third kappa shape index (κ3) is 3.81. The Labute approximate surface area is 126 Å². The van der Waals surface area contributed by atoms with Crippen LogP contribution in [-0.2, 0) is 13.0 Å². The van der Waals surface area contributed by atoms with Gasteiger partial charge in [0.15, 0.2) is 5.82 Å². The second kappa shape index (κ2) is 6.85. The van der Waals surface area contributed by atoms with Gasteiger partial charge in [-0.25, -0.2) is 0 Å². The Hall–Kier alpha value is -0.980. The fourth-order valence-electron chi connectivity index (χ4n) is 3.41. The van der Waals surface area contributed by atoms with Gasteiger partial charge < -0.3 is 10.3 Å². The highest BCUT2D eigenvalue weighted by molar-refractivity contribution is 4.91. The molecule has 0 bridgehead atoms. The second-order valence-corrected chi connectivity index (χ2v) is 6.41. The molecule has 1 unspecified atom stereocenters. The molecule has 1 aromatic heterocycles. The van der Waals surface area contributed by atoms with E-state index in [1.807, 2.05) is 0 Å². The van der Waals surface area contributed by atoms with E-state index >= 15 is 0 Å². The van der Waals surface area contributed by atoms with Gasteiger partial charge in [0.2, 0.25) is 5.89 Å². The molecule has 0 saturated carbocycles. The molecule has 21 heavy (non-hydrogen) atoms. The number of hydrogen-bond acceptors (Lipinski definition) is 6. The van der Waals surface area contributed by atoms with Crippen LogP contribution in [0.2, 0.25) is 0 Å². The zero-order chi connectivity index (χ0) is 14.7. The zero-order valence-electron chi connectivity index (χ0n) is 13.0. The number of likely N-dealkylation sites (tertiary alicyclic amines) is 2. The lowest BCUT2D eigenvalue weighted by atomic mass is 10.0. The molecule has 0 aromatic carbocycles. The van der Waals surface area contributed by atoms with Gasteiger partial charge in [0, 0.05) is 31.6 Å². The summed E-state index contributed by atoms with van der Waals surface area (Å²) >= 11 is 0. The summed E-state index contributed by atoms with van der Waals surface area (Å²) in [5, 5.41) is 4.03. The van der Waals surface area contributed by atoms with Crippen molar-refractivity contribution >= 4 is 0 Å². The lowest BCUT2D eigenvalue weighted by Gasteiger charge is -2.34. The number of rotatable bonds is 5. The maximum atomic E-state index is 5.99. The molecule has 2 fully saturated rings. The quantitative estimate of drug-likeness (QED) is 0.874. The van der Waals surface area contributed by atoms with Crippen LogP contribution in [-0.4, -0.2) is 58.2 Å². The molecule has 3 heterocycles. The Morgan fingerprint density at radius 1 is 1.24 bits per heavy atom. The van der Waals surface area contributed by atoms with Gasteiger partial charge in [-0.3, -0.25) is 9.80 Å². The number of piperidine rings is 1. The fraction of sp³-hybridized carbons (Fsp3) is 0.867.